The van der Waals surface area contributed by atoms with Crippen molar-refractivity contribution in [3.63, 3.8) is 0 Å². The molecule has 150 valence electrons. The molecule has 29 heavy (non-hydrogen) atoms. The number of hydrogen-bond acceptors (Lipinski definition) is 5. The minimum atomic E-state index is -3.50. The Morgan fingerprint density at radius 1 is 1.07 bits per heavy atom. The molecule has 0 aliphatic rings. The van der Waals surface area contributed by atoms with Crippen molar-refractivity contribution in [2.45, 2.75) is 24.8 Å². The molecule has 0 saturated carbocycles. The average molecular weight is 410 g/mol. The Labute approximate surface area is 170 Å². The van der Waals surface area contributed by atoms with Crippen LogP contribution in [-0.4, -0.2) is 25.1 Å². The Kier molecular flexibility index (Phi) is 6.61. The van der Waals surface area contributed by atoms with Crippen molar-refractivity contribution >= 4 is 21.4 Å². The fourth-order valence-corrected chi connectivity index (χ4v) is 3.87. The van der Waals surface area contributed by atoms with E-state index in [2.05, 4.69) is 10.3 Å². The number of nitrogens with zero attached hydrogens (tertiary/aromatic N) is 1. The Bertz CT molecular complexity index is 1070. The lowest BCUT2D eigenvalue weighted by Gasteiger charge is -2.10. The summed E-state index contributed by atoms with van der Waals surface area (Å²) in [6.45, 7) is 2.25. The molecule has 0 radical (unpaired) electrons. The van der Waals surface area contributed by atoms with Gasteiger partial charge in [0.25, 0.3) is 0 Å². The number of amides is 1. The molecule has 6 nitrogen and oxygen atoms in total. The third-order valence-electron chi connectivity index (χ3n) is 4.22. The first kappa shape index (κ1) is 20.5. The number of sulfone groups is 1. The molecule has 0 unspecified atom stereocenters. The van der Waals surface area contributed by atoms with Gasteiger partial charge < -0.3 is 10.1 Å². The van der Waals surface area contributed by atoms with Crippen LogP contribution in [0.5, 0.6) is 5.75 Å². The minimum Gasteiger partial charge on any atom is -0.489 e. The number of nitrogens with one attached hydrogen (secondary N) is 1. The SMILES string of the molecule is Cc1ccc(S(=O)(=O)CCC(=O)Nc2cccc(OCc3cccnc3)c2)cc1. The highest BCUT2D eigenvalue weighted by Crippen LogP contribution is 2.19. The van der Waals surface area contributed by atoms with Gasteiger partial charge in [-0.3, -0.25) is 9.78 Å². The summed E-state index contributed by atoms with van der Waals surface area (Å²) in [7, 11) is -3.50. The van der Waals surface area contributed by atoms with Crippen LogP contribution in [0.4, 0.5) is 5.69 Å². The first-order valence-corrected chi connectivity index (χ1v) is 10.8. The van der Waals surface area contributed by atoms with Gasteiger partial charge in [-0.25, -0.2) is 8.42 Å². The van der Waals surface area contributed by atoms with Crippen molar-refractivity contribution < 1.29 is 17.9 Å². The Hall–Kier alpha value is -3.19. The van der Waals surface area contributed by atoms with Gasteiger partial charge in [0.15, 0.2) is 9.84 Å². The molecule has 3 aromatic rings. The lowest BCUT2D eigenvalue weighted by Crippen LogP contribution is -2.17. The third-order valence-corrected chi connectivity index (χ3v) is 5.96. The van der Waals surface area contributed by atoms with E-state index in [1.165, 1.54) is 0 Å². The summed E-state index contributed by atoms with van der Waals surface area (Å²) in [4.78, 5) is 16.5. The molecule has 7 heteroatoms. The summed E-state index contributed by atoms with van der Waals surface area (Å²) < 4.78 is 30.4. The van der Waals surface area contributed by atoms with Crippen LogP contribution >= 0.6 is 0 Å². The van der Waals surface area contributed by atoms with E-state index in [0.29, 0.717) is 18.0 Å². The Morgan fingerprint density at radius 2 is 1.86 bits per heavy atom. The molecule has 2 aromatic carbocycles. The summed E-state index contributed by atoms with van der Waals surface area (Å²) in [5.74, 6) is -0.0250. The summed E-state index contributed by atoms with van der Waals surface area (Å²) in [5.41, 5.74) is 2.46. The van der Waals surface area contributed by atoms with Crippen LogP contribution in [-0.2, 0) is 21.2 Å². The molecular formula is C22H22N2O4S. The van der Waals surface area contributed by atoms with E-state index in [0.717, 1.165) is 11.1 Å². The van der Waals surface area contributed by atoms with Gasteiger partial charge in [0.05, 0.1) is 10.6 Å². The second-order valence-corrected chi connectivity index (χ2v) is 8.72. The molecule has 0 atom stereocenters. The largest absolute Gasteiger partial charge is 0.489 e. The maximum absolute atomic E-state index is 12.4. The van der Waals surface area contributed by atoms with Gasteiger partial charge >= 0.3 is 0 Å². The van der Waals surface area contributed by atoms with Crippen LogP contribution in [0.2, 0.25) is 0 Å². The number of rotatable bonds is 8. The molecule has 0 spiro atoms. The van der Waals surface area contributed by atoms with Crippen LogP contribution in [0.15, 0.2) is 78.0 Å². The van der Waals surface area contributed by atoms with Crippen molar-refractivity contribution in [1.82, 2.24) is 4.98 Å². The standard InChI is InChI=1S/C22H22N2O4S/c1-17-7-9-21(10-8-17)29(26,27)13-11-22(25)24-19-5-2-6-20(14-19)28-16-18-4-3-12-23-15-18/h2-10,12,14-15H,11,13,16H2,1H3,(H,24,25). The number of benzene rings is 2. The Balaban J connectivity index is 1.54. The van der Waals surface area contributed by atoms with Crippen LogP contribution in [0.25, 0.3) is 0 Å². The van der Waals surface area contributed by atoms with Gasteiger partial charge in [-0.2, -0.15) is 0 Å². The third kappa shape index (κ3) is 6.15. The van der Waals surface area contributed by atoms with Crippen LogP contribution < -0.4 is 10.1 Å². The lowest BCUT2D eigenvalue weighted by molar-refractivity contribution is -0.115. The van der Waals surface area contributed by atoms with Gasteiger partial charge in [0.2, 0.25) is 5.91 Å². The highest BCUT2D eigenvalue weighted by molar-refractivity contribution is 7.91. The van der Waals surface area contributed by atoms with Crippen LogP contribution in [0, 0.1) is 6.92 Å². The van der Waals surface area contributed by atoms with Crippen molar-refractivity contribution in [2.75, 3.05) is 11.1 Å². The van der Waals surface area contributed by atoms with E-state index in [1.807, 2.05) is 19.1 Å². The number of carbonyl (C=O) groups is 1. The molecule has 0 aliphatic heterocycles. The highest BCUT2D eigenvalue weighted by atomic mass is 32.2. The first-order chi connectivity index (χ1) is 13.9. The summed E-state index contributed by atoms with van der Waals surface area (Å²) in [6.07, 6.45) is 3.29. The van der Waals surface area contributed by atoms with E-state index < -0.39 is 9.84 Å². The fraction of sp³-hybridized carbons (Fsp3) is 0.182. The molecule has 1 heterocycles. The maximum Gasteiger partial charge on any atom is 0.225 e. The smallest absolute Gasteiger partial charge is 0.225 e. The van der Waals surface area contributed by atoms with Gasteiger partial charge in [-0.1, -0.05) is 29.8 Å². The molecule has 0 fully saturated rings. The molecule has 0 bridgehead atoms. The van der Waals surface area contributed by atoms with Crippen LogP contribution in [0.1, 0.15) is 17.5 Å². The zero-order valence-electron chi connectivity index (χ0n) is 16.0. The molecule has 1 amide bonds. The molecule has 0 aliphatic carbocycles. The normalized spacial score (nSPS) is 11.1. The van der Waals surface area contributed by atoms with Crippen molar-refractivity contribution in [1.29, 1.82) is 0 Å². The van der Waals surface area contributed by atoms with E-state index in [4.69, 9.17) is 4.74 Å². The second-order valence-electron chi connectivity index (χ2n) is 6.61. The monoisotopic (exact) mass is 410 g/mol. The number of hydrogen-bond donors (Lipinski definition) is 1. The number of aryl methyl sites for hydroxylation is 1. The van der Waals surface area contributed by atoms with Gasteiger partial charge in [-0.05, 0) is 37.3 Å². The number of carbonyl (C=O) groups excluding carboxylic acids is 1. The number of pyridine rings is 1. The van der Waals surface area contributed by atoms with Gasteiger partial charge in [0, 0.05) is 36.1 Å². The summed E-state index contributed by atoms with van der Waals surface area (Å²) in [6, 6.07) is 17.3. The second kappa shape index (κ2) is 9.34. The predicted octanol–water partition coefficient (Wildman–Crippen LogP) is 3.77. The number of aromatic nitrogens is 1. The number of anilines is 1. The number of ether oxygens (including phenoxy) is 1. The molecule has 1 aromatic heterocycles. The first-order valence-electron chi connectivity index (χ1n) is 9.13. The maximum atomic E-state index is 12.4. The topological polar surface area (TPSA) is 85.4 Å². The van der Waals surface area contributed by atoms with E-state index in [9.17, 15) is 13.2 Å². The van der Waals surface area contributed by atoms with Gasteiger partial charge in [0.1, 0.15) is 12.4 Å². The molecule has 3 rings (SSSR count). The molecule has 0 saturated heterocycles. The van der Waals surface area contributed by atoms with E-state index >= 15 is 0 Å². The van der Waals surface area contributed by atoms with Crippen molar-refractivity contribution in [3.8, 4) is 5.75 Å². The zero-order valence-corrected chi connectivity index (χ0v) is 16.9. The summed E-state index contributed by atoms with van der Waals surface area (Å²) >= 11 is 0. The van der Waals surface area contributed by atoms with Crippen LogP contribution in [0.3, 0.4) is 0 Å². The van der Waals surface area contributed by atoms with E-state index in [1.54, 1.807) is 60.9 Å². The van der Waals surface area contributed by atoms with Crippen molar-refractivity contribution in [3.05, 3.63) is 84.2 Å². The molecular weight excluding hydrogens is 388 g/mol. The predicted molar refractivity (Wildman–Crippen MR) is 111 cm³/mol. The zero-order chi connectivity index (χ0) is 20.7. The van der Waals surface area contributed by atoms with Gasteiger partial charge in [-0.15, -0.1) is 0 Å². The lowest BCUT2D eigenvalue weighted by atomic mass is 10.2. The summed E-state index contributed by atoms with van der Waals surface area (Å²) in [5, 5.41) is 2.72. The minimum absolute atomic E-state index is 0.128. The van der Waals surface area contributed by atoms with Crippen molar-refractivity contribution in [2.24, 2.45) is 0 Å². The fourth-order valence-electron chi connectivity index (χ4n) is 2.63. The average Bonchev–Trinajstić information content (AvgIpc) is 2.72. The van der Waals surface area contributed by atoms with E-state index in [-0.39, 0.29) is 23.0 Å². The Morgan fingerprint density at radius 3 is 2.59 bits per heavy atom. The highest BCUT2D eigenvalue weighted by Gasteiger charge is 2.16. The molecule has 1 N–H and O–H groups in total. The quantitative estimate of drug-likeness (QED) is 0.611.